The molecule has 9 nitrogen and oxygen atoms in total. The first-order valence-electron chi connectivity index (χ1n) is 8.33. The van der Waals surface area contributed by atoms with Crippen molar-refractivity contribution in [2.24, 2.45) is 10.2 Å². The Morgan fingerprint density at radius 3 is 2.34 bits per heavy atom. The van der Waals surface area contributed by atoms with E-state index in [0.29, 0.717) is 5.69 Å². The van der Waals surface area contributed by atoms with Crippen LogP contribution in [-0.2, 0) is 10.0 Å². The Morgan fingerprint density at radius 2 is 1.72 bits per heavy atom. The standard InChI is InChI=1S/C18H17N5O4S2/c1-10-3-8-14(11(2)9-10)23-29(26,27)13-6-4-12(5-7-13)21-22-15-16(24)19-18(28)20-17(15)25/h3-9,23H,1-2H3,(H3,19,20,24,25,28). The van der Waals surface area contributed by atoms with Crippen LogP contribution in [0.5, 0.6) is 5.88 Å². The Kier molecular flexibility index (Phi) is 5.62. The molecule has 0 saturated heterocycles. The molecule has 0 amide bonds. The van der Waals surface area contributed by atoms with Crippen molar-refractivity contribution >= 4 is 39.3 Å². The number of nitrogens with zero attached hydrogens (tertiary/aromatic N) is 2. The van der Waals surface area contributed by atoms with E-state index in [4.69, 9.17) is 12.2 Å². The van der Waals surface area contributed by atoms with Crippen LogP contribution in [0.4, 0.5) is 17.1 Å². The molecule has 150 valence electrons. The number of hydrogen-bond acceptors (Lipinski definition) is 7. The minimum absolute atomic E-state index is 0.0425. The molecule has 3 aromatic rings. The molecule has 0 radical (unpaired) electrons. The maximum atomic E-state index is 12.6. The van der Waals surface area contributed by atoms with Gasteiger partial charge < -0.3 is 10.1 Å². The van der Waals surface area contributed by atoms with E-state index in [2.05, 4.69) is 24.9 Å². The molecule has 1 heterocycles. The fourth-order valence-electron chi connectivity index (χ4n) is 2.49. The van der Waals surface area contributed by atoms with E-state index in [9.17, 15) is 18.3 Å². The number of aromatic hydroxyl groups is 1. The zero-order valence-electron chi connectivity index (χ0n) is 15.4. The molecule has 11 heteroatoms. The Morgan fingerprint density at radius 1 is 1.03 bits per heavy atom. The fraction of sp³-hybridized carbons (Fsp3) is 0.111. The molecule has 0 saturated carbocycles. The minimum atomic E-state index is -3.78. The number of rotatable bonds is 5. The fourth-order valence-corrected chi connectivity index (χ4v) is 3.81. The van der Waals surface area contributed by atoms with Crippen LogP contribution >= 0.6 is 12.2 Å². The van der Waals surface area contributed by atoms with Gasteiger partial charge in [-0.3, -0.25) is 14.5 Å². The highest BCUT2D eigenvalue weighted by atomic mass is 32.2. The van der Waals surface area contributed by atoms with Crippen molar-refractivity contribution in [2.75, 3.05) is 4.72 Å². The van der Waals surface area contributed by atoms with E-state index < -0.39 is 21.5 Å². The van der Waals surface area contributed by atoms with Gasteiger partial charge in [-0.1, -0.05) is 17.7 Å². The van der Waals surface area contributed by atoms with Gasteiger partial charge in [-0.15, -0.1) is 5.11 Å². The summed E-state index contributed by atoms with van der Waals surface area (Å²) in [5, 5.41) is 17.2. The lowest BCUT2D eigenvalue weighted by atomic mass is 10.1. The van der Waals surface area contributed by atoms with E-state index in [1.807, 2.05) is 26.0 Å². The first kappa shape index (κ1) is 20.4. The van der Waals surface area contributed by atoms with Gasteiger partial charge >= 0.3 is 0 Å². The summed E-state index contributed by atoms with van der Waals surface area (Å²) in [6.07, 6.45) is 0. The molecule has 2 aromatic carbocycles. The number of azo groups is 1. The van der Waals surface area contributed by atoms with Gasteiger partial charge in [-0.25, -0.2) is 8.42 Å². The normalized spacial score (nSPS) is 11.7. The number of aromatic amines is 2. The molecule has 0 aliphatic rings. The first-order valence-corrected chi connectivity index (χ1v) is 10.2. The average molecular weight is 431 g/mol. The van der Waals surface area contributed by atoms with Gasteiger partial charge in [0.15, 0.2) is 4.77 Å². The largest absolute Gasteiger partial charge is 0.493 e. The summed E-state index contributed by atoms with van der Waals surface area (Å²) in [6, 6.07) is 11.0. The first-order chi connectivity index (χ1) is 13.7. The number of anilines is 1. The molecule has 0 bridgehead atoms. The molecule has 0 aliphatic carbocycles. The van der Waals surface area contributed by atoms with Crippen molar-refractivity contribution in [3.63, 3.8) is 0 Å². The monoisotopic (exact) mass is 431 g/mol. The lowest BCUT2D eigenvalue weighted by Gasteiger charge is -2.11. The number of aryl methyl sites for hydroxylation is 2. The van der Waals surface area contributed by atoms with E-state index in [-0.39, 0.29) is 21.0 Å². The van der Waals surface area contributed by atoms with E-state index in [1.54, 1.807) is 6.07 Å². The third-order valence-corrected chi connectivity index (χ3v) is 5.52. The van der Waals surface area contributed by atoms with Gasteiger partial charge in [-0.05, 0) is 62.0 Å². The van der Waals surface area contributed by atoms with Crippen molar-refractivity contribution in [2.45, 2.75) is 18.7 Å². The van der Waals surface area contributed by atoms with Crippen LogP contribution in [0.25, 0.3) is 0 Å². The molecule has 0 aliphatic heterocycles. The van der Waals surface area contributed by atoms with E-state index in [1.165, 1.54) is 24.3 Å². The van der Waals surface area contributed by atoms with Gasteiger partial charge in [0.1, 0.15) is 0 Å². The molecule has 0 unspecified atom stereocenters. The van der Waals surface area contributed by atoms with Crippen molar-refractivity contribution in [1.29, 1.82) is 0 Å². The van der Waals surface area contributed by atoms with Gasteiger partial charge in [0.2, 0.25) is 11.6 Å². The third-order valence-electron chi connectivity index (χ3n) is 3.94. The maximum Gasteiger partial charge on any atom is 0.283 e. The summed E-state index contributed by atoms with van der Waals surface area (Å²) < 4.78 is 27.7. The number of nitrogens with one attached hydrogen (secondary N) is 3. The van der Waals surface area contributed by atoms with Gasteiger partial charge in [0.05, 0.1) is 16.3 Å². The van der Waals surface area contributed by atoms with Gasteiger partial charge in [0.25, 0.3) is 15.6 Å². The molecular formula is C18H17N5O4S2. The van der Waals surface area contributed by atoms with Crippen LogP contribution in [-0.4, -0.2) is 23.5 Å². The van der Waals surface area contributed by atoms with Crippen molar-refractivity contribution in [1.82, 2.24) is 9.97 Å². The zero-order valence-corrected chi connectivity index (χ0v) is 17.1. The quantitative estimate of drug-likeness (QED) is 0.357. The highest BCUT2D eigenvalue weighted by molar-refractivity contribution is 7.92. The van der Waals surface area contributed by atoms with Crippen molar-refractivity contribution in [3.05, 3.63) is 68.7 Å². The molecular weight excluding hydrogens is 414 g/mol. The third kappa shape index (κ3) is 4.76. The number of aromatic nitrogens is 2. The van der Waals surface area contributed by atoms with Gasteiger partial charge in [-0.2, -0.15) is 5.11 Å². The number of benzene rings is 2. The highest BCUT2D eigenvalue weighted by Gasteiger charge is 2.15. The summed E-state index contributed by atoms with van der Waals surface area (Å²) in [5.41, 5.74) is 1.59. The SMILES string of the molecule is Cc1ccc(NS(=O)(=O)c2ccc(N=Nc3c(O)[nH]c(=S)[nH]c3=O)cc2)c(C)c1. The predicted molar refractivity (Wildman–Crippen MR) is 111 cm³/mol. The molecule has 29 heavy (non-hydrogen) atoms. The Balaban J connectivity index is 1.82. The van der Waals surface area contributed by atoms with E-state index in [0.717, 1.165) is 11.1 Å². The number of H-pyrrole nitrogens is 2. The van der Waals surface area contributed by atoms with Crippen LogP contribution in [0.15, 0.2) is 62.4 Å². The maximum absolute atomic E-state index is 12.6. The Hall–Kier alpha value is -3.31. The average Bonchev–Trinajstić information content (AvgIpc) is 2.63. The lowest BCUT2D eigenvalue weighted by molar-refractivity contribution is 0.451. The van der Waals surface area contributed by atoms with Crippen molar-refractivity contribution in [3.8, 4) is 5.88 Å². The smallest absolute Gasteiger partial charge is 0.283 e. The number of hydrogen-bond donors (Lipinski definition) is 4. The summed E-state index contributed by atoms with van der Waals surface area (Å²) >= 11 is 4.73. The van der Waals surface area contributed by atoms with Crippen LogP contribution in [0, 0.1) is 18.6 Å². The Bertz CT molecular complexity index is 1310. The molecule has 0 spiro atoms. The molecule has 1 aromatic heterocycles. The lowest BCUT2D eigenvalue weighted by Crippen LogP contribution is -2.13. The summed E-state index contributed by atoms with van der Waals surface area (Å²) in [6.45, 7) is 3.75. The summed E-state index contributed by atoms with van der Waals surface area (Å²) in [4.78, 5) is 16.4. The molecule has 4 N–H and O–H groups in total. The van der Waals surface area contributed by atoms with Gasteiger partial charge in [0, 0.05) is 0 Å². The predicted octanol–water partition coefficient (Wildman–Crippen LogP) is 3.97. The van der Waals surface area contributed by atoms with Crippen LogP contribution in [0.1, 0.15) is 11.1 Å². The second-order valence-electron chi connectivity index (χ2n) is 6.22. The van der Waals surface area contributed by atoms with E-state index >= 15 is 0 Å². The summed E-state index contributed by atoms with van der Waals surface area (Å²) in [5.74, 6) is -0.514. The highest BCUT2D eigenvalue weighted by Crippen LogP contribution is 2.24. The second-order valence-corrected chi connectivity index (χ2v) is 8.31. The van der Waals surface area contributed by atoms with Crippen molar-refractivity contribution < 1.29 is 13.5 Å². The minimum Gasteiger partial charge on any atom is -0.493 e. The Labute approximate surface area is 171 Å². The zero-order chi connectivity index (χ0) is 21.2. The summed E-state index contributed by atoms with van der Waals surface area (Å²) in [7, 11) is -3.78. The van der Waals surface area contributed by atoms with Crippen LogP contribution < -0.4 is 10.3 Å². The topological polar surface area (TPSA) is 140 Å². The molecule has 0 atom stereocenters. The molecule has 0 fully saturated rings. The number of sulfonamides is 1. The van der Waals surface area contributed by atoms with Crippen LogP contribution in [0.3, 0.4) is 0 Å². The molecule has 3 rings (SSSR count). The van der Waals surface area contributed by atoms with Crippen LogP contribution in [0.2, 0.25) is 0 Å². The second kappa shape index (κ2) is 7.97.